The second kappa shape index (κ2) is 6.55. The number of para-hydroxylation sites is 1. The zero-order chi connectivity index (χ0) is 18.3. The number of nitrogens with zero attached hydrogens (tertiary/aromatic N) is 3. The van der Waals surface area contributed by atoms with Crippen LogP contribution in [0.3, 0.4) is 0 Å². The molecule has 1 aromatic heterocycles. The summed E-state index contributed by atoms with van der Waals surface area (Å²) >= 11 is 0. The van der Waals surface area contributed by atoms with Crippen molar-refractivity contribution in [1.82, 2.24) is 15.1 Å². The first kappa shape index (κ1) is 16.8. The van der Waals surface area contributed by atoms with E-state index in [1.165, 1.54) is 0 Å². The average molecular weight is 354 g/mol. The monoisotopic (exact) mass is 354 g/mol. The number of piperidine rings is 2. The molecule has 2 aromatic rings. The lowest BCUT2D eigenvalue weighted by atomic mass is 9.92. The van der Waals surface area contributed by atoms with Crippen molar-refractivity contribution in [3.05, 3.63) is 23.9 Å². The van der Waals surface area contributed by atoms with Gasteiger partial charge in [0.1, 0.15) is 6.29 Å². The fourth-order valence-electron chi connectivity index (χ4n) is 4.09. The van der Waals surface area contributed by atoms with Gasteiger partial charge in [-0.1, -0.05) is 12.1 Å². The van der Waals surface area contributed by atoms with Crippen LogP contribution in [0.25, 0.3) is 10.9 Å². The molecule has 1 atom stereocenters. The maximum atomic E-state index is 12.3. The molecule has 0 radical (unpaired) electrons. The Bertz CT molecular complexity index is 880. The first-order valence-corrected chi connectivity index (χ1v) is 9.08. The van der Waals surface area contributed by atoms with Gasteiger partial charge in [0.2, 0.25) is 11.8 Å². The molecule has 1 N–H and O–H groups in total. The number of anilines is 1. The van der Waals surface area contributed by atoms with Gasteiger partial charge in [0.05, 0.1) is 22.8 Å². The van der Waals surface area contributed by atoms with Gasteiger partial charge < -0.3 is 9.69 Å². The Labute approximate surface area is 151 Å². The third-order valence-corrected chi connectivity index (χ3v) is 5.51. The van der Waals surface area contributed by atoms with Crippen LogP contribution in [-0.2, 0) is 21.4 Å². The van der Waals surface area contributed by atoms with Gasteiger partial charge in [-0.05, 0) is 25.3 Å². The van der Waals surface area contributed by atoms with E-state index in [2.05, 4.69) is 21.4 Å². The summed E-state index contributed by atoms with van der Waals surface area (Å²) in [5.74, 6) is -0.729. The molecule has 7 heteroatoms. The maximum absolute atomic E-state index is 12.3. The Morgan fingerprint density at radius 2 is 1.96 bits per heavy atom. The molecule has 136 valence electrons. The van der Waals surface area contributed by atoms with Crippen LogP contribution in [0.5, 0.6) is 0 Å². The lowest BCUT2D eigenvalue weighted by Crippen LogP contribution is -2.39. The predicted molar refractivity (Wildman–Crippen MR) is 96.8 cm³/mol. The molecule has 0 spiro atoms. The lowest BCUT2D eigenvalue weighted by Gasteiger charge is -2.32. The highest BCUT2D eigenvalue weighted by molar-refractivity contribution is 6.03. The van der Waals surface area contributed by atoms with Crippen LogP contribution in [0.4, 0.5) is 5.69 Å². The van der Waals surface area contributed by atoms with Gasteiger partial charge in [-0.15, -0.1) is 0 Å². The number of hydrogen-bond donors (Lipinski definition) is 1. The summed E-state index contributed by atoms with van der Waals surface area (Å²) in [6.07, 6.45) is 3.61. The van der Waals surface area contributed by atoms with Gasteiger partial charge in [0.15, 0.2) is 0 Å². The first-order valence-electron chi connectivity index (χ1n) is 9.08. The van der Waals surface area contributed by atoms with Crippen molar-refractivity contribution in [3.8, 4) is 0 Å². The van der Waals surface area contributed by atoms with Crippen LogP contribution in [0.15, 0.2) is 18.2 Å². The zero-order valence-corrected chi connectivity index (χ0v) is 14.8. The van der Waals surface area contributed by atoms with E-state index in [0.29, 0.717) is 12.8 Å². The van der Waals surface area contributed by atoms with Gasteiger partial charge in [0, 0.05) is 37.9 Å². The van der Waals surface area contributed by atoms with Gasteiger partial charge in [-0.25, -0.2) is 0 Å². The number of aldehydes is 1. The number of aromatic nitrogens is 2. The van der Waals surface area contributed by atoms with Crippen molar-refractivity contribution in [2.45, 2.75) is 31.6 Å². The quantitative estimate of drug-likeness (QED) is 0.667. The second-order valence-corrected chi connectivity index (χ2v) is 7.15. The number of aryl methyl sites for hydroxylation is 1. The lowest BCUT2D eigenvalue weighted by molar-refractivity contribution is -0.134. The Balaban J connectivity index is 1.72. The zero-order valence-electron chi connectivity index (χ0n) is 14.8. The average Bonchev–Trinajstić information content (AvgIpc) is 2.99. The van der Waals surface area contributed by atoms with E-state index in [-0.39, 0.29) is 17.7 Å². The van der Waals surface area contributed by atoms with Crippen LogP contribution in [0.1, 0.15) is 37.3 Å². The Kier molecular flexibility index (Phi) is 4.22. The number of nitrogens with one attached hydrogen (secondary N) is 1. The number of imide groups is 1. The minimum Gasteiger partial charge on any atom is -0.370 e. The molecule has 0 saturated carbocycles. The van der Waals surface area contributed by atoms with E-state index < -0.39 is 5.92 Å². The van der Waals surface area contributed by atoms with E-state index in [9.17, 15) is 14.4 Å². The van der Waals surface area contributed by atoms with E-state index >= 15 is 0 Å². The van der Waals surface area contributed by atoms with Crippen molar-refractivity contribution in [3.63, 3.8) is 0 Å². The van der Waals surface area contributed by atoms with E-state index in [1.54, 1.807) is 0 Å². The van der Waals surface area contributed by atoms with Crippen LogP contribution < -0.4 is 10.2 Å². The number of carbonyl (C=O) groups is 3. The highest BCUT2D eigenvalue weighted by Crippen LogP contribution is 2.35. The van der Waals surface area contributed by atoms with Crippen molar-refractivity contribution >= 4 is 34.7 Å². The van der Waals surface area contributed by atoms with Gasteiger partial charge in [0.25, 0.3) is 0 Å². The highest BCUT2D eigenvalue weighted by Gasteiger charge is 2.32. The standard InChI is InChI=1S/C19H22N4O3/c1-22-18-13(17(21-22)14-5-6-16(25)20-19(14)26)3-2-4-15(18)23-9-7-12(11-24)8-10-23/h2-4,11-12,14H,5-10H2,1H3,(H,20,25,26). The minimum atomic E-state index is -0.396. The molecule has 2 fully saturated rings. The summed E-state index contributed by atoms with van der Waals surface area (Å²) in [4.78, 5) is 37.0. The summed E-state index contributed by atoms with van der Waals surface area (Å²) in [6.45, 7) is 1.67. The van der Waals surface area contributed by atoms with Gasteiger partial charge in [-0.3, -0.25) is 19.6 Å². The number of carbonyl (C=O) groups excluding carboxylic acids is 3. The summed E-state index contributed by atoms with van der Waals surface area (Å²) in [5.41, 5.74) is 2.81. The molecule has 4 rings (SSSR count). The van der Waals surface area contributed by atoms with E-state index in [0.717, 1.165) is 54.5 Å². The molecule has 1 unspecified atom stereocenters. The largest absolute Gasteiger partial charge is 0.370 e. The van der Waals surface area contributed by atoms with Crippen LogP contribution >= 0.6 is 0 Å². The third kappa shape index (κ3) is 2.77. The van der Waals surface area contributed by atoms with Crippen molar-refractivity contribution in [2.75, 3.05) is 18.0 Å². The van der Waals surface area contributed by atoms with Gasteiger partial charge >= 0.3 is 0 Å². The molecule has 1 aromatic carbocycles. The summed E-state index contributed by atoms with van der Waals surface area (Å²) in [6, 6.07) is 6.04. The molecule has 7 nitrogen and oxygen atoms in total. The van der Waals surface area contributed by atoms with Gasteiger partial charge in [-0.2, -0.15) is 5.10 Å². The molecule has 0 bridgehead atoms. The van der Waals surface area contributed by atoms with Crippen molar-refractivity contribution < 1.29 is 14.4 Å². The number of rotatable bonds is 3. The number of hydrogen-bond acceptors (Lipinski definition) is 5. The number of fused-ring (bicyclic) bond motifs is 1. The van der Waals surface area contributed by atoms with Crippen LogP contribution in [0.2, 0.25) is 0 Å². The topological polar surface area (TPSA) is 84.3 Å². The molecular formula is C19H22N4O3. The predicted octanol–water partition coefficient (Wildman–Crippen LogP) is 1.51. The molecule has 3 heterocycles. The normalized spacial score (nSPS) is 21.9. The minimum absolute atomic E-state index is 0.149. The second-order valence-electron chi connectivity index (χ2n) is 7.15. The molecule has 0 aliphatic carbocycles. The summed E-state index contributed by atoms with van der Waals surface area (Å²) in [5, 5.41) is 8.01. The smallest absolute Gasteiger partial charge is 0.235 e. The summed E-state index contributed by atoms with van der Waals surface area (Å²) in [7, 11) is 1.89. The van der Waals surface area contributed by atoms with E-state index in [4.69, 9.17) is 0 Å². The Morgan fingerprint density at radius 1 is 1.19 bits per heavy atom. The van der Waals surface area contributed by atoms with Crippen molar-refractivity contribution in [2.24, 2.45) is 13.0 Å². The van der Waals surface area contributed by atoms with Crippen LogP contribution in [-0.4, -0.2) is 41.0 Å². The number of amides is 2. The molecule has 2 saturated heterocycles. The molecule has 2 amide bonds. The SMILES string of the molecule is Cn1nc(C2CCC(=O)NC2=O)c2cccc(N3CCC(C=O)CC3)c21. The Morgan fingerprint density at radius 3 is 2.65 bits per heavy atom. The Hall–Kier alpha value is -2.70. The molecular weight excluding hydrogens is 332 g/mol. The highest BCUT2D eigenvalue weighted by atomic mass is 16.2. The maximum Gasteiger partial charge on any atom is 0.235 e. The molecule has 2 aliphatic heterocycles. The van der Waals surface area contributed by atoms with E-state index in [1.807, 2.05) is 23.9 Å². The summed E-state index contributed by atoms with van der Waals surface area (Å²) < 4.78 is 1.83. The van der Waals surface area contributed by atoms with Crippen molar-refractivity contribution in [1.29, 1.82) is 0 Å². The molecule has 26 heavy (non-hydrogen) atoms. The fourth-order valence-corrected chi connectivity index (χ4v) is 4.09. The first-order chi connectivity index (χ1) is 12.6. The fraction of sp³-hybridized carbons (Fsp3) is 0.474. The van der Waals surface area contributed by atoms with Crippen LogP contribution in [0, 0.1) is 5.92 Å². The molecule has 2 aliphatic rings. The third-order valence-electron chi connectivity index (χ3n) is 5.51. The number of benzene rings is 1.